The largest absolute Gasteiger partial charge is 0.389 e. The van der Waals surface area contributed by atoms with Crippen LogP contribution in [0.5, 0.6) is 0 Å². The minimum atomic E-state index is -0.820. The number of nitrogens with zero attached hydrogens (tertiary/aromatic N) is 1. The van der Waals surface area contributed by atoms with Crippen molar-refractivity contribution in [1.82, 2.24) is 4.98 Å². The molecule has 0 aliphatic rings. The molecule has 1 aromatic heterocycles. The molecular weight excluding hydrogens is 257 g/mol. The van der Waals surface area contributed by atoms with Gasteiger partial charge in [-0.25, -0.2) is 9.37 Å². The van der Waals surface area contributed by atoms with Gasteiger partial charge in [0.2, 0.25) is 0 Å². The lowest BCUT2D eigenvalue weighted by atomic mass is 10.1. The Morgan fingerprint density at radius 1 is 1.47 bits per heavy atom. The van der Waals surface area contributed by atoms with E-state index < -0.39 is 6.10 Å². The first-order valence-corrected chi connectivity index (χ1v) is 6.84. The maximum atomic E-state index is 13.6. The predicted octanol–water partition coefficient (Wildman–Crippen LogP) is 3.80. The summed E-state index contributed by atoms with van der Waals surface area (Å²) in [5.74, 6) is -0.377. The second kappa shape index (κ2) is 5.16. The van der Waals surface area contributed by atoms with Crippen molar-refractivity contribution in [2.24, 2.45) is 0 Å². The van der Waals surface area contributed by atoms with Crippen LogP contribution in [0.2, 0.25) is 0 Å². The molecule has 0 saturated heterocycles. The maximum absolute atomic E-state index is 13.6. The van der Waals surface area contributed by atoms with E-state index in [9.17, 15) is 9.50 Å². The van der Waals surface area contributed by atoms with E-state index in [4.69, 9.17) is 0 Å². The van der Waals surface area contributed by atoms with Crippen molar-refractivity contribution in [3.63, 3.8) is 0 Å². The Hall–Kier alpha value is -0.910. The molecule has 0 spiro atoms. The molecule has 5 heteroatoms. The van der Waals surface area contributed by atoms with E-state index in [0.29, 0.717) is 10.5 Å². The van der Waals surface area contributed by atoms with E-state index in [1.54, 1.807) is 19.1 Å². The van der Waals surface area contributed by atoms with Crippen LogP contribution in [0.1, 0.15) is 24.3 Å². The molecule has 90 valence electrons. The molecule has 1 atom stereocenters. The molecule has 0 aliphatic carbocycles. The van der Waals surface area contributed by atoms with Gasteiger partial charge in [-0.1, -0.05) is 17.8 Å². The first-order chi connectivity index (χ1) is 8.08. The van der Waals surface area contributed by atoms with Gasteiger partial charge in [0.1, 0.15) is 5.82 Å². The molecule has 1 heterocycles. The van der Waals surface area contributed by atoms with Gasteiger partial charge in [-0.2, -0.15) is 0 Å². The van der Waals surface area contributed by atoms with Crippen LogP contribution < -0.4 is 0 Å². The molecule has 0 radical (unpaired) electrons. The predicted molar refractivity (Wildman–Crippen MR) is 68.0 cm³/mol. The molecule has 2 rings (SSSR count). The number of aromatic nitrogens is 1. The number of halogens is 1. The molecular formula is C12H12FNOS2. The van der Waals surface area contributed by atoms with Gasteiger partial charge in [0.25, 0.3) is 0 Å². The van der Waals surface area contributed by atoms with Crippen molar-refractivity contribution in [2.75, 3.05) is 0 Å². The molecule has 0 saturated carbocycles. The standard InChI is InChI=1S/C12H12FNOS2/c1-7-6-16-12(14-7)17-10-5-3-4-9(13)11(10)8(2)15/h3-6,8,15H,1-2H3/t8-/m1/s1. The Morgan fingerprint density at radius 3 is 2.82 bits per heavy atom. The molecule has 0 amide bonds. The van der Waals surface area contributed by atoms with Crippen molar-refractivity contribution in [2.45, 2.75) is 29.2 Å². The molecule has 0 fully saturated rings. The lowest BCUT2D eigenvalue weighted by Crippen LogP contribution is -1.98. The second-order valence-corrected chi connectivity index (χ2v) is 5.83. The number of aliphatic hydroxyl groups excluding tert-OH is 1. The van der Waals surface area contributed by atoms with E-state index in [2.05, 4.69) is 4.98 Å². The van der Waals surface area contributed by atoms with E-state index in [1.807, 2.05) is 12.3 Å². The van der Waals surface area contributed by atoms with Crippen LogP contribution in [0.4, 0.5) is 4.39 Å². The third-order valence-corrected chi connectivity index (χ3v) is 4.36. The summed E-state index contributed by atoms with van der Waals surface area (Å²) < 4.78 is 14.5. The van der Waals surface area contributed by atoms with E-state index in [-0.39, 0.29) is 5.82 Å². The quantitative estimate of drug-likeness (QED) is 0.920. The summed E-state index contributed by atoms with van der Waals surface area (Å²) in [5, 5.41) is 11.5. The van der Waals surface area contributed by atoms with Crippen LogP contribution in [0.3, 0.4) is 0 Å². The van der Waals surface area contributed by atoms with Gasteiger partial charge < -0.3 is 5.11 Å². The Kier molecular flexibility index (Phi) is 3.81. The number of benzene rings is 1. The third kappa shape index (κ3) is 2.86. The number of rotatable bonds is 3. The Balaban J connectivity index is 2.35. The number of hydrogen-bond acceptors (Lipinski definition) is 4. The summed E-state index contributed by atoms with van der Waals surface area (Å²) in [6.07, 6.45) is -0.820. The van der Waals surface area contributed by atoms with Crippen molar-refractivity contribution < 1.29 is 9.50 Å². The fourth-order valence-corrected chi connectivity index (χ4v) is 3.51. The van der Waals surface area contributed by atoms with Gasteiger partial charge in [-0.05, 0) is 26.0 Å². The van der Waals surface area contributed by atoms with Crippen LogP contribution in [0.15, 0.2) is 32.8 Å². The van der Waals surface area contributed by atoms with Crippen LogP contribution in [-0.4, -0.2) is 10.1 Å². The van der Waals surface area contributed by atoms with Crippen molar-refractivity contribution in [3.05, 3.63) is 40.7 Å². The molecule has 1 N–H and O–H groups in total. The number of hydrogen-bond donors (Lipinski definition) is 1. The van der Waals surface area contributed by atoms with Crippen LogP contribution in [0.25, 0.3) is 0 Å². The lowest BCUT2D eigenvalue weighted by molar-refractivity contribution is 0.191. The summed E-state index contributed by atoms with van der Waals surface area (Å²) >= 11 is 2.90. The van der Waals surface area contributed by atoms with Gasteiger partial charge >= 0.3 is 0 Å². The second-order valence-electron chi connectivity index (χ2n) is 3.68. The summed E-state index contributed by atoms with van der Waals surface area (Å²) in [6, 6.07) is 4.80. The molecule has 2 aromatic rings. The third-order valence-electron chi connectivity index (χ3n) is 2.23. The highest BCUT2D eigenvalue weighted by atomic mass is 32.2. The minimum absolute atomic E-state index is 0.338. The van der Waals surface area contributed by atoms with E-state index >= 15 is 0 Å². The van der Waals surface area contributed by atoms with Gasteiger partial charge in [-0.3, -0.25) is 0 Å². The zero-order valence-corrected chi connectivity index (χ0v) is 11.1. The average molecular weight is 269 g/mol. The molecule has 17 heavy (non-hydrogen) atoms. The highest BCUT2D eigenvalue weighted by Gasteiger charge is 2.15. The highest BCUT2D eigenvalue weighted by Crippen LogP contribution is 2.36. The first kappa shape index (κ1) is 12.5. The summed E-state index contributed by atoms with van der Waals surface area (Å²) in [5.41, 5.74) is 1.29. The van der Waals surface area contributed by atoms with Gasteiger partial charge in [0, 0.05) is 21.5 Å². The molecule has 2 nitrogen and oxygen atoms in total. The first-order valence-electron chi connectivity index (χ1n) is 5.14. The van der Waals surface area contributed by atoms with Gasteiger partial charge in [0.15, 0.2) is 4.34 Å². The molecule has 1 aromatic carbocycles. The summed E-state index contributed by atoms with van der Waals surface area (Å²) in [4.78, 5) is 5.03. The van der Waals surface area contributed by atoms with Crippen molar-refractivity contribution in [3.8, 4) is 0 Å². The summed E-state index contributed by atoms with van der Waals surface area (Å²) in [6.45, 7) is 3.48. The van der Waals surface area contributed by atoms with Gasteiger partial charge in [0.05, 0.1) is 6.10 Å². The smallest absolute Gasteiger partial charge is 0.154 e. The van der Waals surface area contributed by atoms with Crippen molar-refractivity contribution >= 4 is 23.1 Å². The molecule has 0 aliphatic heterocycles. The Bertz CT molecular complexity index is 525. The fourth-order valence-electron chi connectivity index (χ4n) is 1.48. The number of aliphatic hydroxyl groups is 1. The lowest BCUT2D eigenvalue weighted by Gasteiger charge is -2.11. The van der Waals surface area contributed by atoms with Crippen LogP contribution >= 0.6 is 23.1 Å². The van der Waals surface area contributed by atoms with E-state index in [0.717, 1.165) is 10.0 Å². The zero-order valence-electron chi connectivity index (χ0n) is 9.48. The summed E-state index contributed by atoms with van der Waals surface area (Å²) in [7, 11) is 0. The highest BCUT2D eigenvalue weighted by molar-refractivity contribution is 8.01. The average Bonchev–Trinajstić information content (AvgIpc) is 2.63. The molecule has 0 bridgehead atoms. The number of thiazole rings is 1. The SMILES string of the molecule is Cc1csc(Sc2cccc(F)c2[C@@H](C)O)n1. The Labute approximate surface area is 108 Å². The zero-order chi connectivity index (χ0) is 12.4. The Morgan fingerprint density at radius 2 is 2.24 bits per heavy atom. The molecule has 0 unspecified atom stereocenters. The van der Waals surface area contributed by atoms with Crippen LogP contribution in [0, 0.1) is 12.7 Å². The van der Waals surface area contributed by atoms with Crippen LogP contribution in [-0.2, 0) is 0 Å². The monoisotopic (exact) mass is 269 g/mol. The van der Waals surface area contributed by atoms with Crippen molar-refractivity contribution in [1.29, 1.82) is 0 Å². The topological polar surface area (TPSA) is 33.1 Å². The minimum Gasteiger partial charge on any atom is -0.389 e. The fraction of sp³-hybridized carbons (Fsp3) is 0.250. The van der Waals surface area contributed by atoms with Gasteiger partial charge in [-0.15, -0.1) is 11.3 Å². The number of aryl methyl sites for hydroxylation is 1. The normalized spacial score (nSPS) is 12.7. The maximum Gasteiger partial charge on any atom is 0.154 e. The van der Waals surface area contributed by atoms with E-state index in [1.165, 1.54) is 29.2 Å².